The topological polar surface area (TPSA) is 77.9 Å². The van der Waals surface area contributed by atoms with Crippen LogP contribution in [0.2, 0.25) is 0 Å². The number of carbonyl (C=O) groups is 1. The van der Waals surface area contributed by atoms with E-state index in [0.29, 0.717) is 35.2 Å². The number of benzene rings is 3. The molecule has 6 nitrogen and oxygen atoms in total. The number of ether oxygens (including phenoxy) is 3. The summed E-state index contributed by atoms with van der Waals surface area (Å²) in [5.74, 6) is 0.765. The first-order valence-electron chi connectivity index (χ1n) is 10.5. The summed E-state index contributed by atoms with van der Waals surface area (Å²) in [6.45, 7) is 0.370. The Morgan fingerprint density at radius 2 is 1.71 bits per heavy atom. The molecule has 0 bridgehead atoms. The fraction of sp³-hybridized carbons (Fsp3) is 0.111. The molecule has 0 saturated carbocycles. The standard InChI is InChI=1S/C27H22BrNO5/c1-32-20-10-11-22(26(15-20)34-16-18-6-3-2-4-7-18)24-13-12-23(27(30)31)25(29-24)17-33-21-9-5-8-19(28)14-21/h2-15H,16-17H2,1H3,(H,30,31). The minimum absolute atomic E-state index is 0.00227. The maximum Gasteiger partial charge on any atom is 0.337 e. The van der Waals surface area contributed by atoms with E-state index >= 15 is 0 Å². The van der Waals surface area contributed by atoms with E-state index in [1.54, 1.807) is 25.3 Å². The highest BCUT2D eigenvalue weighted by Crippen LogP contribution is 2.34. The molecule has 0 aliphatic heterocycles. The van der Waals surface area contributed by atoms with Gasteiger partial charge in [-0.25, -0.2) is 9.78 Å². The first-order valence-corrected chi connectivity index (χ1v) is 11.3. The van der Waals surface area contributed by atoms with Gasteiger partial charge in [0.1, 0.15) is 30.5 Å². The van der Waals surface area contributed by atoms with Crippen LogP contribution in [-0.4, -0.2) is 23.2 Å². The quantitative estimate of drug-likeness (QED) is 0.276. The summed E-state index contributed by atoms with van der Waals surface area (Å²) in [7, 11) is 1.59. The van der Waals surface area contributed by atoms with Gasteiger partial charge < -0.3 is 19.3 Å². The number of nitrogens with zero attached hydrogens (tertiary/aromatic N) is 1. The Balaban J connectivity index is 1.66. The van der Waals surface area contributed by atoms with E-state index in [1.807, 2.05) is 60.7 Å². The summed E-state index contributed by atoms with van der Waals surface area (Å²) in [5.41, 5.74) is 2.71. The number of halogens is 1. The molecule has 0 spiro atoms. The van der Waals surface area contributed by atoms with Crippen molar-refractivity contribution in [3.63, 3.8) is 0 Å². The summed E-state index contributed by atoms with van der Waals surface area (Å²) >= 11 is 3.41. The summed E-state index contributed by atoms with van der Waals surface area (Å²) in [5, 5.41) is 9.66. The number of rotatable bonds is 9. The van der Waals surface area contributed by atoms with Crippen LogP contribution in [-0.2, 0) is 13.2 Å². The normalized spacial score (nSPS) is 10.5. The Bertz CT molecular complexity index is 1290. The summed E-state index contributed by atoms with van der Waals surface area (Å²) in [6.07, 6.45) is 0. The molecule has 1 N–H and O–H groups in total. The molecule has 172 valence electrons. The molecule has 0 amide bonds. The number of carboxylic acids is 1. The van der Waals surface area contributed by atoms with Crippen LogP contribution in [0.15, 0.2) is 89.4 Å². The number of hydrogen-bond acceptors (Lipinski definition) is 5. The predicted octanol–water partition coefficient (Wildman–Crippen LogP) is 6.38. The molecule has 34 heavy (non-hydrogen) atoms. The van der Waals surface area contributed by atoms with Crippen molar-refractivity contribution in [3.8, 4) is 28.5 Å². The van der Waals surface area contributed by atoms with Gasteiger partial charge in [-0.3, -0.25) is 0 Å². The van der Waals surface area contributed by atoms with Crippen LogP contribution in [0.1, 0.15) is 21.6 Å². The fourth-order valence-electron chi connectivity index (χ4n) is 3.36. The monoisotopic (exact) mass is 519 g/mol. The van der Waals surface area contributed by atoms with Crippen LogP contribution < -0.4 is 14.2 Å². The zero-order chi connectivity index (χ0) is 23.9. The van der Waals surface area contributed by atoms with Gasteiger partial charge in [0.15, 0.2) is 0 Å². The van der Waals surface area contributed by atoms with Gasteiger partial charge in [0.2, 0.25) is 0 Å². The SMILES string of the molecule is COc1ccc(-c2ccc(C(=O)O)c(COc3cccc(Br)c3)n2)c(OCc2ccccc2)c1. The Morgan fingerprint density at radius 3 is 2.44 bits per heavy atom. The fourth-order valence-corrected chi connectivity index (χ4v) is 3.74. The number of pyridine rings is 1. The average molecular weight is 520 g/mol. The van der Waals surface area contributed by atoms with Gasteiger partial charge in [-0.2, -0.15) is 0 Å². The summed E-state index contributed by atoms with van der Waals surface area (Å²) < 4.78 is 18.2. The average Bonchev–Trinajstić information content (AvgIpc) is 2.86. The predicted molar refractivity (Wildman–Crippen MR) is 132 cm³/mol. The second kappa shape index (κ2) is 10.9. The number of carboxylic acid groups (broad SMARTS) is 1. The number of hydrogen-bond donors (Lipinski definition) is 1. The Hall–Kier alpha value is -3.84. The smallest absolute Gasteiger partial charge is 0.337 e. The largest absolute Gasteiger partial charge is 0.497 e. The molecule has 1 aromatic heterocycles. The van der Waals surface area contributed by atoms with Gasteiger partial charge in [0.25, 0.3) is 0 Å². The van der Waals surface area contributed by atoms with Crippen molar-refractivity contribution in [1.82, 2.24) is 4.98 Å². The highest BCUT2D eigenvalue weighted by atomic mass is 79.9. The molecule has 0 atom stereocenters. The lowest BCUT2D eigenvalue weighted by atomic mass is 10.1. The van der Waals surface area contributed by atoms with Gasteiger partial charge in [0.05, 0.1) is 24.1 Å². The van der Waals surface area contributed by atoms with E-state index in [2.05, 4.69) is 20.9 Å². The van der Waals surface area contributed by atoms with Crippen molar-refractivity contribution in [2.75, 3.05) is 7.11 Å². The number of aromatic nitrogens is 1. The lowest BCUT2D eigenvalue weighted by Crippen LogP contribution is -2.09. The van der Waals surface area contributed by atoms with Crippen LogP contribution >= 0.6 is 15.9 Å². The van der Waals surface area contributed by atoms with E-state index in [1.165, 1.54) is 6.07 Å². The van der Waals surface area contributed by atoms with Crippen molar-refractivity contribution >= 4 is 21.9 Å². The molecular weight excluding hydrogens is 498 g/mol. The zero-order valence-electron chi connectivity index (χ0n) is 18.4. The number of aromatic carboxylic acids is 1. The maximum atomic E-state index is 11.8. The van der Waals surface area contributed by atoms with E-state index in [-0.39, 0.29) is 12.2 Å². The van der Waals surface area contributed by atoms with Crippen LogP contribution in [0.25, 0.3) is 11.3 Å². The van der Waals surface area contributed by atoms with E-state index in [9.17, 15) is 9.90 Å². The third-order valence-electron chi connectivity index (χ3n) is 5.08. The van der Waals surface area contributed by atoms with E-state index in [0.717, 1.165) is 15.6 Å². The molecule has 0 fully saturated rings. The van der Waals surface area contributed by atoms with Crippen molar-refractivity contribution in [2.45, 2.75) is 13.2 Å². The molecule has 4 rings (SSSR count). The molecule has 3 aromatic carbocycles. The molecule has 0 aliphatic carbocycles. The zero-order valence-corrected chi connectivity index (χ0v) is 20.0. The first-order chi connectivity index (χ1) is 16.5. The minimum atomic E-state index is -1.07. The lowest BCUT2D eigenvalue weighted by molar-refractivity contribution is 0.0693. The van der Waals surface area contributed by atoms with Crippen molar-refractivity contribution < 1.29 is 24.1 Å². The van der Waals surface area contributed by atoms with Gasteiger partial charge in [0, 0.05) is 16.1 Å². The minimum Gasteiger partial charge on any atom is -0.497 e. The molecule has 7 heteroatoms. The van der Waals surface area contributed by atoms with Crippen molar-refractivity contribution in [2.24, 2.45) is 0 Å². The van der Waals surface area contributed by atoms with Gasteiger partial charge >= 0.3 is 5.97 Å². The van der Waals surface area contributed by atoms with Crippen molar-refractivity contribution in [1.29, 1.82) is 0 Å². The van der Waals surface area contributed by atoms with Crippen LogP contribution in [0.5, 0.6) is 17.2 Å². The van der Waals surface area contributed by atoms with Gasteiger partial charge in [-0.15, -0.1) is 0 Å². The molecule has 0 radical (unpaired) electrons. The molecule has 0 aliphatic rings. The van der Waals surface area contributed by atoms with E-state index in [4.69, 9.17) is 14.2 Å². The molecule has 0 unspecified atom stereocenters. The van der Waals surface area contributed by atoms with Crippen molar-refractivity contribution in [3.05, 3.63) is 106 Å². The van der Waals surface area contributed by atoms with Gasteiger partial charge in [-0.05, 0) is 48.0 Å². The first kappa shape index (κ1) is 23.3. The molecule has 1 heterocycles. The summed E-state index contributed by atoms with van der Waals surface area (Å²) in [4.78, 5) is 16.4. The second-order valence-corrected chi connectivity index (χ2v) is 8.29. The maximum absolute atomic E-state index is 11.8. The van der Waals surface area contributed by atoms with Crippen LogP contribution in [0, 0.1) is 0 Å². The Morgan fingerprint density at radius 1 is 0.882 bits per heavy atom. The molecule has 0 saturated heterocycles. The third kappa shape index (κ3) is 5.74. The Labute approximate surface area is 205 Å². The second-order valence-electron chi connectivity index (χ2n) is 7.38. The van der Waals surface area contributed by atoms with Gasteiger partial charge in [-0.1, -0.05) is 52.3 Å². The Kier molecular flexibility index (Phi) is 7.44. The van der Waals surface area contributed by atoms with Crippen LogP contribution in [0.3, 0.4) is 0 Å². The highest BCUT2D eigenvalue weighted by Gasteiger charge is 2.17. The van der Waals surface area contributed by atoms with E-state index < -0.39 is 5.97 Å². The lowest BCUT2D eigenvalue weighted by Gasteiger charge is -2.15. The highest BCUT2D eigenvalue weighted by molar-refractivity contribution is 9.10. The van der Waals surface area contributed by atoms with Crippen LogP contribution in [0.4, 0.5) is 0 Å². The molecular formula is C27H22BrNO5. The summed E-state index contributed by atoms with van der Waals surface area (Å²) in [6, 6.07) is 25.8. The molecule has 4 aromatic rings. The third-order valence-corrected chi connectivity index (χ3v) is 5.57. The number of methoxy groups -OCH3 is 1.